The number of amides is 1. The van der Waals surface area contributed by atoms with Gasteiger partial charge in [-0.3, -0.25) is 9.78 Å². The number of rotatable bonds is 6. The molecule has 132 valence electrons. The van der Waals surface area contributed by atoms with E-state index in [-0.39, 0.29) is 22.4 Å². The number of carbonyl (C=O) groups is 1. The van der Waals surface area contributed by atoms with Crippen molar-refractivity contribution in [3.63, 3.8) is 0 Å². The molecule has 1 saturated carbocycles. The Hall–Kier alpha value is -2.45. The lowest BCUT2D eigenvalue weighted by Gasteiger charge is -2.23. The van der Waals surface area contributed by atoms with Crippen molar-refractivity contribution >= 4 is 15.9 Å². The van der Waals surface area contributed by atoms with Crippen molar-refractivity contribution < 1.29 is 17.9 Å². The topological polar surface area (TPSA) is 103 Å². The fourth-order valence-electron chi connectivity index (χ4n) is 2.62. The minimum Gasteiger partial charge on any atom is -0.496 e. The molecule has 0 aliphatic heterocycles. The van der Waals surface area contributed by atoms with Crippen LogP contribution in [0.1, 0.15) is 28.8 Å². The van der Waals surface area contributed by atoms with Crippen LogP contribution in [0.5, 0.6) is 5.75 Å². The fraction of sp³-hybridized carbons (Fsp3) is 0.294. The predicted molar refractivity (Wildman–Crippen MR) is 91.5 cm³/mol. The minimum absolute atomic E-state index is 0.115. The lowest BCUT2D eigenvalue weighted by molar-refractivity contribution is 0.0726. The molecule has 0 unspecified atom stereocenters. The van der Waals surface area contributed by atoms with Gasteiger partial charge in [0.25, 0.3) is 5.91 Å². The van der Waals surface area contributed by atoms with Gasteiger partial charge in [0.15, 0.2) is 0 Å². The first kappa shape index (κ1) is 17.4. The van der Waals surface area contributed by atoms with Gasteiger partial charge < -0.3 is 9.64 Å². The third-order valence-electron chi connectivity index (χ3n) is 4.08. The highest BCUT2D eigenvalue weighted by atomic mass is 32.2. The molecule has 1 aliphatic rings. The number of carbonyl (C=O) groups excluding carboxylic acids is 1. The molecule has 0 saturated heterocycles. The third-order valence-corrected chi connectivity index (χ3v) is 4.99. The number of nitrogens with zero attached hydrogens (tertiary/aromatic N) is 2. The highest BCUT2D eigenvalue weighted by Gasteiger charge is 2.34. The van der Waals surface area contributed by atoms with E-state index in [0.717, 1.165) is 18.4 Å². The second-order valence-corrected chi connectivity index (χ2v) is 7.49. The predicted octanol–water partition coefficient (Wildman–Crippen LogP) is 1.54. The monoisotopic (exact) mass is 361 g/mol. The van der Waals surface area contributed by atoms with Gasteiger partial charge in [0, 0.05) is 25.0 Å². The SMILES string of the molecule is COc1ccc(S(N)(=O)=O)cc1C(=O)N(Cc1ccncc1)C1CC1. The van der Waals surface area contributed by atoms with E-state index in [1.807, 2.05) is 12.1 Å². The van der Waals surface area contributed by atoms with Crippen LogP contribution in [0.15, 0.2) is 47.6 Å². The normalized spacial score (nSPS) is 14.2. The summed E-state index contributed by atoms with van der Waals surface area (Å²) in [4.78, 5) is 18.7. The van der Waals surface area contributed by atoms with Crippen LogP contribution < -0.4 is 9.88 Å². The number of pyridine rings is 1. The Kier molecular flexibility index (Phi) is 4.73. The van der Waals surface area contributed by atoms with Gasteiger partial charge in [-0.1, -0.05) is 0 Å². The van der Waals surface area contributed by atoms with Gasteiger partial charge in [0.2, 0.25) is 10.0 Å². The van der Waals surface area contributed by atoms with Gasteiger partial charge in [-0.05, 0) is 48.7 Å². The van der Waals surface area contributed by atoms with E-state index in [0.29, 0.717) is 12.3 Å². The third kappa shape index (κ3) is 3.97. The maximum Gasteiger partial charge on any atom is 0.258 e. The molecule has 1 aromatic carbocycles. The van der Waals surface area contributed by atoms with Crippen molar-refractivity contribution in [3.8, 4) is 5.75 Å². The van der Waals surface area contributed by atoms with E-state index >= 15 is 0 Å². The highest BCUT2D eigenvalue weighted by molar-refractivity contribution is 7.89. The first-order valence-electron chi connectivity index (χ1n) is 7.81. The highest BCUT2D eigenvalue weighted by Crippen LogP contribution is 2.32. The Labute approximate surface area is 146 Å². The van der Waals surface area contributed by atoms with E-state index < -0.39 is 10.0 Å². The molecule has 1 heterocycles. The van der Waals surface area contributed by atoms with Crippen LogP contribution in [0, 0.1) is 0 Å². The molecule has 3 rings (SSSR count). The van der Waals surface area contributed by atoms with Gasteiger partial charge >= 0.3 is 0 Å². The molecule has 0 spiro atoms. The van der Waals surface area contributed by atoms with Crippen molar-refractivity contribution in [2.75, 3.05) is 7.11 Å². The van der Waals surface area contributed by atoms with Crippen LogP contribution in [0.3, 0.4) is 0 Å². The van der Waals surface area contributed by atoms with Gasteiger partial charge in [-0.15, -0.1) is 0 Å². The number of benzene rings is 1. The zero-order valence-electron chi connectivity index (χ0n) is 13.8. The second-order valence-electron chi connectivity index (χ2n) is 5.93. The Bertz CT molecular complexity index is 880. The smallest absolute Gasteiger partial charge is 0.258 e. The Morgan fingerprint density at radius 1 is 1.28 bits per heavy atom. The summed E-state index contributed by atoms with van der Waals surface area (Å²) in [7, 11) is -2.47. The van der Waals surface area contributed by atoms with Crippen LogP contribution >= 0.6 is 0 Å². The van der Waals surface area contributed by atoms with Crippen LogP contribution in [0.4, 0.5) is 0 Å². The number of primary sulfonamides is 1. The largest absolute Gasteiger partial charge is 0.496 e. The number of hydrogen-bond acceptors (Lipinski definition) is 5. The first-order chi connectivity index (χ1) is 11.9. The fourth-order valence-corrected chi connectivity index (χ4v) is 3.16. The minimum atomic E-state index is -3.91. The molecule has 2 N–H and O–H groups in total. The number of aromatic nitrogens is 1. The lowest BCUT2D eigenvalue weighted by atomic mass is 10.1. The first-order valence-corrected chi connectivity index (χ1v) is 9.35. The summed E-state index contributed by atoms with van der Waals surface area (Å²) >= 11 is 0. The molecule has 1 aromatic heterocycles. The molecule has 1 amide bonds. The van der Waals surface area contributed by atoms with E-state index in [1.54, 1.807) is 17.3 Å². The van der Waals surface area contributed by atoms with Crippen molar-refractivity contribution in [3.05, 3.63) is 53.9 Å². The molecule has 0 radical (unpaired) electrons. The van der Waals surface area contributed by atoms with Gasteiger partial charge in [0.05, 0.1) is 17.6 Å². The zero-order valence-corrected chi connectivity index (χ0v) is 14.6. The van der Waals surface area contributed by atoms with Crippen LogP contribution in [-0.4, -0.2) is 37.4 Å². The van der Waals surface area contributed by atoms with Crippen molar-refractivity contribution in [1.82, 2.24) is 9.88 Å². The molecular formula is C17H19N3O4S. The molecular weight excluding hydrogens is 342 g/mol. The number of methoxy groups -OCH3 is 1. The van der Waals surface area contributed by atoms with Crippen LogP contribution in [0.25, 0.3) is 0 Å². The molecule has 8 heteroatoms. The average Bonchev–Trinajstić information content (AvgIpc) is 3.43. The summed E-state index contributed by atoms with van der Waals surface area (Å²) in [6.45, 7) is 0.425. The summed E-state index contributed by atoms with van der Waals surface area (Å²) in [5, 5.41) is 5.19. The molecule has 2 aromatic rings. The summed E-state index contributed by atoms with van der Waals surface area (Å²) in [6.07, 6.45) is 5.20. The molecule has 7 nitrogen and oxygen atoms in total. The number of nitrogens with two attached hydrogens (primary N) is 1. The molecule has 0 bridgehead atoms. The lowest BCUT2D eigenvalue weighted by Crippen LogP contribution is -2.33. The number of hydrogen-bond donors (Lipinski definition) is 1. The maximum atomic E-state index is 13.1. The summed E-state index contributed by atoms with van der Waals surface area (Å²) in [5.41, 5.74) is 1.15. The standard InChI is InChI=1S/C17H19N3O4S/c1-24-16-5-4-14(25(18,22)23)10-15(16)17(21)20(13-2-3-13)11-12-6-8-19-9-7-12/h4-10,13H,2-3,11H2,1H3,(H2,18,22,23). The molecule has 0 atom stereocenters. The van der Waals surface area contributed by atoms with E-state index in [9.17, 15) is 13.2 Å². The number of sulfonamides is 1. The van der Waals surface area contributed by atoms with Crippen molar-refractivity contribution in [2.24, 2.45) is 5.14 Å². The number of ether oxygens (including phenoxy) is 1. The Morgan fingerprint density at radius 3 is 2.52 bits per heavy atom. The molecule has 1 fully saturated rings. The van der Waals surface area contributed by atoms with E-state index in [4.69, 9.17) is 9.88 Å². The molecule has 1 aliphatic carbocycles. The van der Waals surface area contributed by atoms with Gasteiger partial charge in [-0.2, -0.15) is 0 Å². The van der Waals surface area contributed by atoms with Crippen LogP contribution in [-0.2, 0) is 16.6 Å². The second kappa shape index (κ2) is 6.81. The summed E-state index contributed by atoms with van der Waals surface area (Å²) < 4.78 is 28.5. The Balaban J connectivity index is 1.96. The molecule has 25 heavy (non-hydrogen) atoms. The zero-order chi connectivity index (χ0) is 18.0. The quantitative estimate of drug-likeness (QED) is 0.841. The van der Waals surface area contributed by atoms with E-state index in [1.165, 1.54) is 25.3 Å². The van der Waals surface area contributed by atoms with Crippen molar-refractivity contribution in [1.29, 1.82) is 0 Å². The van der Waals surface area contributed by atoms with Crippen LogP contribution in [0.2, 0.25) is 0 Å². The average molecular weight is 361 g/mol. The van der Waals surface area contributed by atoms with Gasteiger partial charge in [0.1, 0.15) is 5.75 Å². The maximum absolute atomic E-state index is 13.1. The van der Waals surface area contributed by atoms with E-state index in [2.05, 4.69) is 4.98 Å². The summed E-state index contributed by atoms with van der Waals surface area (Å²) in [5.74, 6) is 0.0411. The Morgan fingerprint density at radius 2 is 1.96 bits per heavy atom. The van der Waals surface area contributed by atoms with Gasteiger partial charge in [-0.25, -0.2) is 13.6 Å². The summed E-state index contributed by atoms with van der Waals surface area (Å²) in [6, 6.07) is 7.89. The van der Waals surface area contributed by atoms with Crippen molar-refractivity contribution in [2.45, 2.75) is 30.3 Å².